The summed E-state index contributed by atoms with van der Waals surface area (Å²) in [5.74, 6) is -0.109. The molecule has 18 heavy (non-hydrogen) atoms. The van der Waals surface area contributed by atoms with Gasteiger partial charge in [0.15, 0.2) is 0 Å². The third-order valence-electron chi connectivity index (χ3n) is 2.49. The molecule has 0 fully saturated rings. The van der Waals surface area contributed by atoms with Crippen LogP contribution in [0.4, 0.5) is 0 Å². The largest absolute Gasteiger partial charge is 0.287 e. The van der Waals surface area contributed by atoms with E-state index in [9.17, 15) is 4.79 Å². The summed E-state index contributed by atoms with van der Waals surface area (Å²) >= 11 is 5.86. The van der Waals surface area contributed by atoms with Gasteiger partial charge in [-0.25, -0.2) is 0 Å². The molecule has 0 aliphatic carbocycles. The smallest absolute Gasteiger partial charge is 0.206 e. The molecule has 4 heteroatoms. The molecule has 0 aliphatic heterocycles. The van der Waals surface area contributed by atoms with Gasteiger partial charge in [0, 0.05) is 17.8 Å². The van der Waals surface area contributed by atoms with E-state index in [2.05, 4.69) is 5.10 Å². The molecule has 0 atom stereocenters. The molecule has 92 valence electrons. The number of allylic oxidation sites excluding steroid dienone is 1. The highest BCUT2D eigenvalue weighted by Crippen LogP contribution is 2.12. The maximum atomic E-state index is 11.8. The highest BCUT2D eigenvalue weighted by Gasteiger charge is 2.05. The van der Waals surface area contributed by atoms with Crippen LogP contribution in [0.3, 0.4) is 0 Å². The third-order valence-corrected chi connectivity index (χ3v) is 2.73. The molecule has 0 unspecified atom stereocenters. The number of hydrogen-bond donors (Lipinski definition) is 0. The molecule has 0 saturated carbocycles. The second-order valence-electron chi connectivity index (χ2n) is 3.81. The molecular weight excluding hydrogens is 248 g/mol. The molecule has 0 spiro atoms. The van der Waals surface area contributed by atoms with Crippen molar-refractivity contribution in [1.82, 2.24) is 9.78 Å². The van der Waals surface area contributed by atoms with Crippen LogP contribution in [0.5, 0.6) is 0 Å². The zero-order valence-corrected chi connectivity index (χ0v) is 10.8. The molecule has 0 saturated heterocycles. The van der Waals surface area contributed by atoms with Crippen LogP contribution in [-0.4, -0.2) is 15.6 Å². The Hall–Kier alpha value is -1.87. The van der Waals surface area contributed by atoms with E-state index < -0.39 is 0 Å². The number of carbonyl (C=O) groups is 1. The maximum absolute atomic E-state index is 11.8. The zero-order chi connectivity index (χ0) is 13.0. The second kappa shape index (κ2) is 5.65. The van der Waals surface area contributed by atoms with Gasteiger partial charge in [0.25, 0.3) is 0 Å². The summed E-state index contributed by atoms with van der Waals surface area (Å²) in [5.41, 5.74) is 1.35. The Bertz CT molecular complexity index is 587. The number of carbonyl (C=O) groups excluding carboxylic acids is 1. The molecule has 1 aromatic heterocycles. The lowest BCUT2D eigenvalue weighted by Gasteiger charge is -1.94. The van der Waals surface area contributed by atoms with Crippen molar-refractivity contribution in [1.29, 1.82) is 0 Å². The minimum absolute atomic E-state index is 0.109. The summed E-state index contributed by atoms with van der Waals surface area (Å²) in [7, 11) is 0. The van der Waals surface area contributed by atoms with Gasteiger partial charge in [-0.15, -0.1) is 0 Å². The van der Waals surface area contributed by atoms with Crippen LogP contribution in [-0.2, 0) is 6.54 Å². The molecule has 0 radical (unpaired) electrons. The Kier molecular flexibility index (Phi) is 3.95. The Morgan fingerprint density at radius 1 is 1.44 bits per heavy atom. The summed E-state index contributed by atoms with van der Waals surface area (Å²) < 4.78 is 1.72. The minimum atomic E-state index is -0.109. The van der Waals surface area contributed by atoms with E-state index in [0.717, 1.165) is 12.1 Å². The van der Waals surface area contributed by atoms with Crippen LogP contribution in [0.25, 0.3) is 6.08 Å². The van der Waals surface area contributed by atoms with Crippen molar-refractivity contribution < 1.29 is 4.79 Å². The van der Waals surface area contributed by atoms with Crippen LogP contribution in [0.1, 0.15) is 23.0 Å². The van der Waals surface area contributed by atoms with Crippen LogP contribution in [0.2, 0.25) is 5.02 Å². The number of aromatic nitrogens is 2. The molecule has 0 bridgehead atoms. The summed E-state index contributed by atoms with van der Waals surface area (Å²) in [6.45, 7) is 2.73. The molecular formula is C14H13ClN2O. The number of ketones is 1. The second-order valence-corrected chi connectivity index (χ2v) is 4.25. The quantitative estimate of drug-likeness (QED) is 0.623. The van der Waals surface area contributed by atoms with Gasteiger partial charge in [-0.3, -0.25) is 9.48 Å². The first kappa shape index (κ1) is 12.6. The van der Waals surface area contributed by atoms with Gasteiger partial charge >= 0.3 is 0 Å². The normalized spacial score (nSPS) is 11.0. The predicted octanol–water partition coefficient (Wildman–Crippen LogP) is 3.45. The summed E-state index contributed by atoms with van der Waals surface area (Å²) in [6, 6.07) is 9.05. The molecule has 0 amide bonds. The number of rotatable bonds is 4. The van der Waals surface area contributed by atoms with Crippen molar-refractivity contribution >= 4 is 23.5 Å². The van der Waals surface area contributed by atoms with Gasteiger partial charge in [0.1, 0.15) is 5.69 Å². The Morgan fingerprint density at radius 2 is 2.28 bits per heavy atom. The van der Waals surface area contributed by atoms with E-state index in [-0.39, 0.29) is 5.78 Å². The molecule has 3 nitrogen and oxygen atoms in total. The fourth-order valence-electron chi connectivity index (χ4n) is 1.54. The molecule has 1 aromatic carbocycles. The highest BCUT2D eigenvalue weighted by molar-refractivity contribution is 6.30. The standard InChI is InChI=1S/C14H13ClN2O/c1-2-17-9-8-13(16-17)14(18)7-6-11-4-3-5-12(15)10-11/h3-10H,2H2,1H3/b7-6+. The van der Waals surface area contributed by atoms with Crippen molar-refractivity contribution in [2.45, 2.75) is 13.5 Å². The highest BCUT2D eigenvalue weighted by atomic mass is 35.5. The number of halogens is 1. The number of aryl methyl sites for hydroxylation is 1. The lowest BCUT2D eigenvalue weighted by atomic mass is 10.2. The SMILES string of the molecule is CCn1ccc(C(=O)/C=C/c2cccc(Cl)c2)n1. The van der Waals surface area contributed by atoms with Gasteiger partial charge in [-0.2, -0.15) is 5.10 Å². The Morgan fingerprint density at radius 3 is 2.94 bits per heavy atom. The van der Waals surface area contributed by atoms with E-state index in [1.807, 2.05) is 19.1 Å². The maximum Gasteiger partial charge on any atom is 0.206 e. The van der Waals surface area contributed by atoms with Crippen LogP contribution < -0.4 is 0 Å². The van der Waals surface area contributed by atoms with Crippen molar-refractivity contribution in [2.24, 2.45) is 0 Å². The minimum Gasteiger partial charge on any atom is -0.287 e. The molecule has 2 rings (SSSR count). The van der Waals surface area contributed by atoms with E-state index in [1.54, 1.807) is 35.2 Å². The number of benzene rings is 1. The molecule has 0 N–H and O–H groups in total. The van der Waals surface area contributed by atoms with Crippen LogP contribution in [0.15, 0.2) is 42.6 Å². The lowest BCUT2D eigenvalue weighted by molar-refractivity contribution is 0.104. The summed E-state index contributed by atoms with van der Waals surface area (Å²) in [5, 5.41) is 4.80. The van der Waals surface area contributed by atoms with Gasteiger partial charge in [-0.1, -0.05) is 29.8 Å². The monoisotopic (exact) mass is 260 g/mol. The topological polar surface area (TPSA) is 34.9 Å². The summed E-state index contributed by atoms with van der Waals surface area (Å²) in [6.07, 6.45) is 5.04. The fourth-order valence-corrected chi connectivity index (χ4v) is 1.74. The van der Waals surface area contributed by atoms with Crippen molar-refractivity contribution in [3.8, 4) is 0 Å². The van der Waals surface area contributed by atoms with Gasteiger partial charge in [-0.05, 0) is 36.8 Å². The predicted molar refractivity (Wildman–Crippen MR) is 72.7 cm³/mol. The first-order valence-corrected chi connectivity index (χ1v) is 6.08. The zero-order valence-electron chi connectivity index (χ0n) is 10.0. The van der Waals surface area contributed by atoms with Crippen LogP contribution >= 0.6 is 11.6 Å². The van der Waals surface area contributed by atoms with Gasteiger partial charge < -0.3 is 0 Å². The van der Waals surface area contributed by atoms with Gasteiger partial charge in [0.2, 0.25) is 5.78 Å². The number of hydrogen-bond acceptors (Lipinski definition) is 2. The van der Waals surface area contributed by atoms with Crippen molar-refractivity contribution in [2.75, 3.05) is 0 Å². The molecule has 1 heterocycles. The van der Waals surface area contributed by atoms with Crippen LogP contribution in [0, 0.1) is 0 Å². The van der Waals surface area contributed by atoms with E-state index in [1.165, 1.54) is 6.08 Å². The number of nitrogens with zero attached hydrogens (tertiary/aromatic N) is 2. The van der Waals surface area contributed by atoms with Gasteiger partial charge in [0.05, 0.1) is 0 Å². The van der Waals surface area contributed by atoms with Crippen molar-refractivity contribution in [3.05, 3.63) is 58.9 Å². The Labute approximate surface area is 111 Å². The first-order chi connectivity index (χ1) is 8.69. The Balaban J connectivity index is 2.11. The lowest BCUT2D eigenvalue weighted by Crippen LogP contribution is -1.99. The fraction of sp³-hybridized carbons (Fsp3) is 0.143. The molecule has 2 aromatic rings. The molecule has 0 aliphatic rings. The average molecular weight is 261 g/mol. The van der Waals surface area contributed by atoms with E-state index >= 15 is 0 Å². The average Bonchev–Trinajstić information content (AvgIpc) is 2.85. The van der Waals surface area contributed by atoms with Crippen molar-refractivity contribution in [3.63, 3.8) is 0 Å². The third kappa shape index (κ3) is 3.08. The first-order valence-electron chi connectivity index (χ1n) is 5.70. The van der Waals surface area contributed by atoms with E-state index in [0.29, 0.717) is 10.7 Å². The summed E-state index contributed by atoms with van der Waals surface area (Å²) in [4.78, 5) is 11.8. The van der Waals surface area contributed by atoms with E-state index in [4.69, 9.17) is 11.6 Å².